The Hall–Kier alpha value is -1.28. The Bertz CT molecular complexity index is 747. The largest absolute Gasteiger partial charge is 0.457 e. The summed E-state index contributed by atoms with van der Waals surface area (Å²) in [5, 5.41) is 34.7. The first-order valence-corrected chi connectivity index (χ1v) is 10.2. The third kappa shape index (κ3) is 2.63. The second-order valence-corrected chi connectivity index (χ2v) is 10.4. The van der Waals surface area contributed by atoms with Gasteiger partial charge in [0.15, 0.2) is 17.5 Å². The highest BCUT2D eigenvalue weighted by Gasteiger charge is 2.81. The molecule has 29 heavy (non-hydrogen) atoms. The van der Waals surface area contributed by atoms with Crippen LogP contribution in [0.4, 0.5) is 0 Å². The number of hydrogen-bond donors (Lipinski definition) is 3. The number of fused-ring (bicyclic) bond motifs is 3. The van der Waals surface area contributed by atoms with Gasteiger partial charge < -0.3 is 24.8 Å². The van der Waals surface area contributed by atoms with Gasteiger partial charge in [-0.15, -0.1) is 6.58 Å². The average molecular weight is 411 g/mol. The topological polar surface area (TPSA) is 113 Å². The maximum absolute atomic E-state index is 13.6. The van der Waals surface area contributed by atoms with Crippen LogP contribution in [0.1, 0.15) is 60.8 Å². The zero-order chi connectivity index (χ0) is 22.2. The molecular formula is C22H34O7. The van der Waals surface area contributed by atoms with E-state index in [9.17, 15) is 24.9 Å². The SMILES string of the molecule is C=C[C@@]1(C)CC(=O)C2(O)C(C)(O1)[C@H](OC(C)=O)[C@H](O)C1C(C)(C)CC[C@@H](O)C12C. The molecule has 0 bridgehead atoms. The van der Waals surface area contributed by atoms with Crippen LogP contribution in [-0.2, 0) is 19.1 Å². The van der Waals surface area contributed by atoms with Gasteiger partial charge in [-0.05, 0) is 32.1 Å². The zero-order valence-electron chi connectivity index (χ0n) is 18.2. The standard InChI is InChI=1S/C22H34O7/c1-8-19(5)11-14(25)22(27)20(6)13(24)9-10-18(3,4)16(20)15(26)17(28-12(2)23)21(22,7)29-19/h8,13,15-17,24,26-27H,1,9-11H2,2-7H3/t13-,15-,16?,17-,19+,20?,21?,22?/m1/s1. The molecule has 164 valence electrons. The number of esters is 1. The van der Waals surface area contributed by atoms with Crippen molar-refractivity contribution >= 4 is 11.8 Å². The fraction of sp³-hybridized carbons (Fsp3) is 0.818. The lowest BCUT2D eigenvalue weighted by atomic mass is 9.40. The molecule has 2 aliphatic carbocycles. The zero-order valence-corrected chi connectivity index (χ0v) is 18.2. The smallest absolute Gasteiger partial charge is 0.303 e. The second kappa shape index (κ2) is 6.36. The lowest BCUT2D eigenvalue weighted by molar-refractivity contribution is -0.370. The molecule has 3 N–H and O–H groups in total. The summed E-state index contributed by atoms with van der Waals surface area (Å²) in [6.45, 7) is 13.6. The van der Waals surface area contributed by atoms with E-state index in [0.29, 0.717) is 12.8 Å². The van der Waals surface area contributed by atoms with Gasteiger partial charge in [-0.1, -0.05) is 26.8 Å². The fourth-order valence-electron chi connectivity index (χ4n) is 6.66. The van der Waals surface area contributed by atoms with E-state index in [1.807, 2.05) is 13.8 Å². The molecule has 2 saturated carbocycles. The van der Waals surface area contributed by atoms with Crippen molar-refractivity contribution in [1.29, 1.82) is 0 Å². The van der Waals surface area contributed by atoms with Crippen molar-refractivity contribution in [2.24, 2.45) is 16.7 Å². The summed E-state index contributed by atoms with van der Waals surface area (Å²) >= 11 is 0. The molecule has 7 nitrogen and oxygen atoms in total. The molecule has 0 radical (unpaired) electrons. The highest BCUT2D eigenvalue weighted by Crippen LogP contribution is 2.66. The number of carbonyl (C=O) groups is 2. The number of aliphatic hydroxyl groups is 3. The normalized spacial score (nSPS) is 51.6. The van der Waals surface area contributed by atoms with E-state index in [-0.39, 0.29) is 6.42 Å². The number of aliphatic hydroxyl groups excluding tert-OH is 2. The van der Waals surface area contributed by atoms with Crippen molar-refractivity contribution in [3.8, 4) is 0 Å². The summed E-state index contributed by atoms with van der Waals surface area (Å²) < 4.78 is 11.8. The van der Waals surface area contributed by atoms with Gasteiger partial charge in [-0.3, -0.25) is 9.59 Å². The van der Waals surface area contributed by atoms with Gasteiger partial charge in [-0.2, -0.15) is 0 Å². The molecule has 3 fully saturated rings. The highest BCUT2D eigenvalue weighted by molar-refractivity contribution is 5.92. The van der Waals surface area contributed by atoms with E-state index in [4.69, 9.17) is 9.47 Å². The molecule has 0 amide bonds. The van der Waals surface area contributed by atoms with Crippen molar-refractivity contribution in [2.45, 2.75) is 95.9 Å². The number of rotatable bonds is 2. The van der Waals surface area contributed by atoms with Gasteiger partial charge in [0.25, 0.3) is 0 Å². The van der Waals surface area contributed by atoms with Crippen LogP contribution >= 0.6 is 0 Å². The predicted octanol–water partition coefficient (Wildman–Crippen LogP) is 1.52. The molecule has 7 heteroatoms. The Morgan fingerprint density at radius 1 is 1.24 bits per heavy atom. The minimum absolute atomic E-state index is 0.138. The first kappa shape index (κ1) is 22.4. The monoisotopic (exact) mass is 410 g/mol. The molecule has 0 aromatic carbocycles. The number of ketones is 1. The van der Waals surface area contributed by atoms with Crippen LogP contribution in [0.25, 0.3) is 0 Å². The van der Waals surface area contributed by atoms with Crippen LogP contribution in [0.3, 0.4) is 0 Å². The van der Waals surface area contributed by atoms with E-state index < -0.39 is 63.6 Å². The van der Waals surface area contributed by atoms with E-state index in [1.165, 1.54) is 19.9 Å². The van der Waals surface area contributed by atoms with Crippen LogP contribution in [0.2, 0.25) is 0 Å². The Kier molecular flexibility index (Phi) is 4.91. The molecule has 0 aromatic heterocycles. The van der Waals surface area contributed by atoms with Crippen LogP contribution in [0.15, 0.2) is 12.7 Å². The molecule has 1 saturated heterocycles. The van der Waals surface area contributed by atoms with Crippen LogP contribution in [-0.4, -0.2) is 62.2 Å². The lowest BCUT2D eigenvalue weighted by Crippen LogP contribution is -2.86. The Balaban J connectivity index is 2.33. The Labute approximate surface area is 172 Å². The van der Waals surface area contributed by atoms with Crippen molar-refractivity contribution in [3.05, 3.63) is 12.7 Å². The summed E-state index contributed by atoms with van der Waals surface area (Å²) in [6, 6.07) is 0. The number of carbonyl (C=O) groups excluding carboxylic acids is 2. The molecule has 0 spiro atoms. The molecule has 1 aliphatic heterocycles. The summed E-state index contributed by atoms with van der Waals surface area (Å²) in [7, 11) is 0. The first-order chi connectivity index (χ1) is 13.1. The third-order valence-electron chi connectivity index (χ3n) is 8.02. The van der Waals surface area contributed by atoms with Gasteiger partial charge in [0.1, 0.15) is 5.60 Å². The summed E-state index contributed by atoms with van der Waals surface area (Å²) in [4.78, 5) is 25.5. The van der Waals surface area contributed by atoms with Crippen molar-refractivity contribution < 1.29 is 34.4 Å². The molecule has 3 rings (SSSR count). The van der Waals surface area contributed by atoms with Gasteiger partial charge in [0.2, 0.25) is 0 Å². The molecule has 4 unspecified atom stereocenters. The summed E-state index contributed by atoms with van der Waals surface area (Å²) in [6.07, 6.45) is -1.29. The van der Waals surface area contributed by atoms with E-state index in [1.54, 1.807) is 13.8 Å². The quantitative estimate of drug-likeness (QED) is 0.467. The molecule has 1 heterocycles. The molecular weight excluding hydrogens is 376 g/mol. The minimum Gasteiger partial charge on any atom is -0.457 e. The maximum atomic E-state index is 13.6. The van der Waals surface area contributed by atoms with E-state index in [2.05, 4.69) is 6.58 Å². The van der Waals surface area contributed by atoms with Crippen LogP contribution < -0.4 is 0 Å². The summed E-state index contributed by atoms with van der Waals surface area (Å²) in [5.41, 5.74) is -7.00. The Morgan fingerprint density at radius 3 is 2.34 bits per heavy atom. The average Bonchev–Trinajstić information content (AvgIpc) is 2.59. The molecule has 0 aromatic rings. The fourth-order valence-corrected chi connectivity index (χ4v) is 6.66. The number of Topliss-reactive ketones (excluding diaryl/α,β-unsaturated/α-hetero) is 1. The third-order valence-corrected chi connectivity index (χ3v) is 8.02. The van der Waals surface area contributed by atoms with Crippen LogP contribution in [0, 0.1) is 16.7 Å². The van der Waals surface area contributed by atoms with Gasteiger partial charge in [-0.25, -0.2) is 0 Å². The number of ether oxygens (including phenoxy) is 2. The second-order valence-electron chi connectivity index (χ2n) is 10.4. The maximum Gasteiger partial charge on any atom is 0.303 e. The van der Waals surface area contributed by atoms with Gasteiger partial charge in [0, 0.05) is 24.7 Å². The van der Waals surface area contributed by atoms with Crippen LogP contribution in [0.5, 0.6) is 0 Å². The molecule has 8 atom stereocenters. The van der Waals surface area contributed by atoms with E-state index >= 15 is 0 Å². The van der Waals surface area contributed by atoms with Crippen molar-refractivity contribution in [2.75, 3.05) is 0 Å². The first-order valence-electron chi connectivity index (χ1n) is 10.2. The molecule has 3 aliphatic rings. The highest BCUT2D eigenvalue weighted by atomic mass is 16.6. The Morgan fingerprint density at radius 2 is 1.83 bits per heavy atom. The van der Waals surface area contributed by atoms with E-state index in [0.717, 1.165) is 0 Å². The van der Waals surface area contributed by atoms with Crippen molar-refractivity contribution in [1.82, 2.24) is 0 Å². The predicted molar refractivity (Wildman–Crippen MR) is 105 cm³/mol. The summed E-state index contributed by atoms with van der Waals surface area (Å²) in [5.74, 6) is -1.87. The van der Waals surface area contributed by atoms with Gasteiger partial charge >= 0.3 is 5.97 Å². The minimum atomic E-state index is -2.18. The van der Waals surface area contributed by atoms with Crippen molar-refractivity contribution in [3.63, 3.8) is 0 Å². The lowest BCUT2D eigenvalue weighted by Gasteiger charge is -2.71. The van der Waals surface area contributed by atoms with Gasteiger partial charge in [0.05, 0.1) is 17.8 Å². The number of hydrogen-bond acceptors (Lipinski definition) is 7.